The standard InChI is InChI=1S/C17H20N4O2.ClH/c18-11-17(5-7-23-8-6-17)16(22)21-15-3-1-13(2-4-15)14-9-19-12-20-10-14;/h1-4,9-10,12H,5-8,11,18H2,(H,21,22);1H. The average molecular weight is 349 g/mol. The van der Waals surface area contributed by atoms with Gasteiger partial charge in [-0.25, -0.2) is 9.97 Å². The second kappa shape index (κ2) is 8.19. The lowest BCUT2D eigenvalue weighted by atomic mass is 9.79. The van der Waals surface area contributed by atoms with Crippen molar-refractivity contribution in [3.63, 3.8) is 0 Å². The predicted octanol–water partition coefficient (Wildman–Crippen LogP) is 2.26. The summed E-state index contributed by atoms with van der Waals surface area (Å²) in [6, 6.07) is 7.63. The Labute approximate surface area is 147 Å². The molecule has 6 nitrogen and oxygen atoms in total. The Balaban J connectivity index is 0.00000208. The molecule has 2 aromatic rings. The smallest absolute Gasteiger partial charge is 0.232 e. The number of aromatic nitrogens is 2. The zero-order chi connectivity index (χ0) is 16.1. The highest BCUT2D eigenvalue weighted by atomic mass is 35.5. The Hall–Kier alpha value is -2.02. The highest BCUT2D eigenvalue weighted by Crippen LogP contribution is 2.31. The van der Waals surface area contributed by atoms with Crippen LogP contribution in [0.5, 0.6) is 0 Å². The Morgan fingerprint density at radius 1 is 1.12 bits per heavy atom. The molecule has 1 aliphatic rings. The third kappa shape index (κ3) is 3.90. The van der Waals surface area contributed by atoms with Gasteiger partial charge in [0.15, 0.2) is 0 Å². The van der Waals surface area contributed by atoms with Crippen molar-refractivity contribution in [2.24, 2.45) is 11.1 Å². The molecule has 2 heterocycles. The maximum absolute atomic E-state index is 12.6. The lowest BCUT2D eigenvalue weighted by Gasteiger charge is -2.34. The number of nitrogens with two attached hydrogens (primary N) is 1. The number of hydrogen-bond acceptors (Lipinski definition) is 5. The molecular weight excluding hydrogens is 328 g/mol. The van der Waals surface area contributed by atoms with Crippen LogP contribution >= 0.6 is 12.4 Å². The summed E-state index contributed by atoms with van der Waals surface area (Å²) in [4.78, 5) is 20.6. The molecule has 24 heavy (non-hydrogen) atoms. The molecule has 0 saturated carbocycles. The number of nitrogens with one attached hydrogen (secondary N) is 1. The second-order valence-corrected chi connectivity index (χ2v) is 5.76. The first-order valence-electron chi connectivity index (χ1n) is 7.68. The SMILES string of the molecule is Cl.NCC1(C(=O)Nc2ccc(-c3cncnc3)cc2)CCOCC1. The molecule has 1 amide bonds. The summed E-state index contributed by atoms with van der Waals surface area (Å²) in [6.07, 6.45) is 6.33. The first kappa shape index (κ1) is 18.3. The minimum atomic E-state index is -0.524. The predicted molar refractivity (Wildman–Crippen MR) is 94.9 cm³/mol. The monoisotopic (exact) mass is 348 g/mol. The van der Waals surface area contributed by atoms with Gasteiger partial charge in [-0.15, -0.1) is 12.4 Å². The highest BCUT2D eigenvalue weighted by Gasteiger charge is 2.38. The maximum Gasteiger partial charge on any atom is 0.232 e. The van der Waals surface area contributed by atoms with Crippen molar-refractivity contribution in [2.45, 2.75) is 12.8 Å². The topological polar surface area (TPSA) is 90.1 Å². The van der Waals surface area contributed by atoms with Gasteiger partial charge in [0.05, 0.1) is 5.41 Å². The molecule has 1 saturated heterocycles. The fourth-order valence-electron chi connectivity index (χ4n) is 2.74. The van der Waals surface area contributed by atoms with E-state index in [1.54, 1.807) is 12.4 Å². The molecule has 0 radical (unpaired) electrons. The number of halogens is 1. The van der Waals surface area contributed by atoms with Crippen LogP contribution in [-0.2, 0) is 9.53 Å². The summed E-state index contributed by atoms with van der Waals surface area (Å²) in [5.41, 5.74) is 8.04. The van der Waals surface area contributed by atoms with Crippen molar-refractivity contribution in [3.05, 3.63) is 43.0 Å². The van der Waals surface area contributed by atoms with Gasteiger partial charge < -0.3 is 15.8 Å². The van der Waals surface area contributed by atoms with Gasteiger partial charge in [0.2, 0.25) is 5.91 Å². The lowest BCUT2D eigenvalue weighted by molar-refractivity contribution is -0.130. The summed E-state index contributed by atoms with van der Waals surface area (Å²) in [5.74, 6) is -0.0286. The molecule has 3 N–H and O–H groups in total. The molecule has 1 fully saturated rings. The fourth-order valence-corrected chi connectivity index (χ4v) is 2.74. The van der Waals surface area contributed by atoms with Crippen molar-refractivity contribution < 1.29 is 9.53 Å². The first-order valence-corrected chi connectivity index (χ1v) is 7.68. The van der Waals surface area contributed by atoms with Crippen LogP contribution in [-0.4, -0.2) is 35.6 Å². The van der Waals surface area contributed by atoms with Crippen LogP contribution < -0.4 is 11.1 Å². The molecule has 0 aliphatic carbocycles. The lowest BCUT2D eigenvalue weighted by Crippen LogP contribution is -2.46. The highest BCUT2D eigenvalue weighted by molar-refractivity contribution is 5.95. The summed E-state index contributed by atoms with van der Waals surface area (Å²) < 4.78 is 5.34. The second-order valence-electron chi connectivity index (χ2n) is 5.76. The van der Waals surface area contributed by atoms with E-state index in [0.717, 1.165) is 16.8 Å². The number of amides is 1. The van der Waals surface area contributed by atoms with Crippen LogP contribution in [0.4, 0.5) is 5.69 Å². The first-order chi connectivity index (χ1) is 11.2. The Kier molecular flexibility index (Phi) is 6.25. The van der Waals surface area contributed by atoms with Crippen molar-refractivity contribution in [1.29, 1.82) is 0 Å². The van der Waals surface area contributed by atoms with Crippen LogP contribution in [0.3, 0.4) is 0 Å². The minimum absolute atomic E-state index is 0. The number of hydrogen-bond donors (Lipinski definition) is 2. The van der Waals surface area contributed by atoms with Gasteiger partial charge in [-0.2, -0.15) is 0 Å². The zero-order valence-electron chi connectivity index (χ0n) is 13.3. The van der Waals surface area contributed by atoms with Gasteiger partial charge in [0.25, 0.3) is 0 Å². The van der Waals surface area contributed by atoms with E-state index >= 15 is 0 Å². The van der Waals surface area contributed by atoms with Gasteiger partial charge in [0.1, 0.15) is 6.33 Å². The molecule has 128 valence electrons. The zero-order valence-corrected chi connectivity index (χ0v) is 14.1. The molecule has 0 atom stereocenters. The summed E-state index contributed by atoms with van der Waals surface area (Å²) >= 11 is 0. The molecule has 1 aliphatic heterocycles. The summed E-state index contributed by atoms with van der Waals surface area (Å²) in [5, 5.41) is 2.98. The number of nitrogens with zero attached hydrogens (tertiary/aromatic N) is 2. The number of carbonyl (C=O) groups excluding carboxylic acids is 1. The van der Waals surface area contributed by atoms with E-state index < -0.39 is 5.41 Å². The van der Waals surface area contributed by atoms with E-state index in [1.165, 1.54) is 6.33 Å². The normalized spacial score (nSPS) is 16.0. The molecule has 0 bridgehead atoms. The number of benzene rings is 1. The van der Waals surface area contributed by atoms with Crippen molar-refractivity contribution in [1.82, 2.24) is 9.97 Å². The molecule has 3 rings (SSSR count). The van der Waals surface area contributed by atoms with E-state index in [0.29, 0.717) is 32.6 Å². The Morgan fingerprint density at radius 2 is 1.75 bits per heavy atom. The number of ether oxygens (including phenoxy) is 1. The van der Waals surface area contributed by atoms with E-state index in [4.69, 9.17) is 10.5 Å². The van der Waals surface area contributed by atoms with Gasteiger partial charge in [-0.1, -0.05) is 12.1 Å². The van der Waals surface area contributed by atoms with Gasteiger partial charge in [0, 0.05) is 43.4 Å². The van der Waals surface area contributed by atoms with Crippen LogP contribution in [0, 0.1) is 5.41 Å². The molecule has 0 spiro atoms. The molecule has 1 aromatic carbocycles. The van der Waals surface area contributed by atoms with E-state index in [2.05, 4.69) is 15.3 Å². The summed E-state index contributed by atoms with van der Waals surface area (Å²) in [7, 11) is 0. The van der Waals surface area contributed by atoms with Crippen LogP contribution in [0.1, 0.15) is 12.8 Å². The number of carbonyl (C=O) groups is 1. The van der Waals surface area contributed by atoms with E-state index in [9.17, 15) is 4.79 Å². The molecule has 7 heteroatoms. The minimum Gasteiger partial charge on any atom is -0.381 e. The van der Waals surface area contributed by atoms with Gasteiger partial charge in [-0.05, 0) is 30.5 Å². The largest absolute Gasteiger partial charge is 0.381 e. The van der Waals surface area contributed by atoms with Crippen molar-refractivity contribution in [3.8, 4) is 11.1 Å². The van der Waals surface area contributed by atoms with E-state index in [1.807, 2.05) is 24.3 Å². The molecule has 0 unspecified atom stereocenters. The molecule has 1 aromatic heterocycles. The van der Waals surface area contributed by atoms with E-state index in [-0.39, 0.29) is 18.3 Å². The Morgan fingerprint density at radius 3 is 2.33 bits per heavy atom. The third-order valence-electron chi connectivity index (χ3n) is 4.36. The van der Waals surface area contributed by atoms with Crippen LogP contribution in [0.2, 0.25) is 0 Å². The molecular formula is C17H21ClN4O2. The quantitative estimate of drug-likeness (QED) is 0.884. The average Bonchev–Trinajstić information content (AvgIpc) is 2.63. The summed E-state index contributed by atoms with van der Waals surface area (Å²) in [6.45, 7) is 1.50. The number of rotatable bonds is 4. The fraction of sp³-hybridized carbons (Fsp3) is 0.353. The Bertz CT molecular complexity index is 658. The maximum atomic E-state index is 12.6. The van der Waals surface area contributed by atoms with Crippen LogP contribution in [0.25, 0.3) is 11.1 Å². The van der Waals surface area contributed by atoms with Gasteiger partial charge >= 0.3 is 0 Å². The van der Waals surface area contributed by atoms with Crippen molar-refractivity contribution >= 4 is 24.0 Å². The third-order valence-corrected chi connectivity index (χ3v) is 4.36. The number of anilines is 1. The van der Waals surface area contributed by atoms with Crippen molar-refractivity contribution in [2.75, 3.05) is 25.1 Å². The van der Waals surface area contributed by atoms with Crippen LogP contribution in [0.15, 0.2) is 43.0 Å². The van der Waals surface area contributed by atoms with Gasteiger partial charge in [-0.3, -0.25) is 4.79 Å².